The van der Waals surface area contributed by atoms with Crippen LogP contribution in [0.5, 0.6) is 0 Å². The Morgan fingerprint density at radius 2 is 2.29 bits per heavy atom. The first-order valence-corrected chi connectivity index (χ1v) is 7.81. The fourth-order valence-corrected chi connectivity index (χ4v) is 3.42. The molecule has 0 radical (unpaired) electrons. The second-order valence-electron chi connectivity index (χ2n) is 6.10. The third kappa shape index (κ3) is 2.73. The normalized spacial score (nSPS) is 18.7. The Bertz CT molecular complexity index is 646. The molecule has 2 aromatic rings. The number of fused-ring (bicyclic) bond motifs is 1. The van der Waals surface area contributed by atoms with E-state index in [1.165, 1.54) is 0 Å². The van der Waals surface area contributed by atoms with Crippen molar-refractivity contribution in [2.24, 2.45) is 5.41 Å². The molecule has 0 bridgehead atoms. The lowest BCUT2D eigenvalue weighted by molar-refractivity contribution is 0.0939. The fourth-order valence-electron chi connectivity index (χ4n) is 2.62. The number of nitrogens with zero attached hydrogens (tertiary/aromatic N) is 1. The Kier molecular flexibility index (Phi) is 3.59. The zero-order valence-corrected chi connectivity index (χ0v) is 13.2. The van der Waals surface area contributed by atoms with Gasteiger partial charge >= 0.3 is 0 Å². The highest BCUT2D eigenvalue weighted by molar-refractivity contribution is 7.10. The molecule has 0 aromatic carbocycles. The Labute approximate surface area is 127 Å². The van der Waals surface area contributed by atoms with Gasteiger partial charge in [0.25, 0.3) is 5.91 Å². The smallest absolute Gasteiger partial charge is 0.271 e. The first-order valence-electron chi connectivity index (χ1n) is 6.93. The van der Waals surface area contributed by atoms with Gasteiger partial charge in [-0.05, 0) is 23.3 Å². The van der Waals surface area contributed by atoms with Crippen LogP contribution in [0.25, 0.3) is 0 Å². The minimum atomic E-state index is -0.257. The van der Waals surface area contributed by atoms with E-state index in [2.05, 4.69) is 29.1 Å². The summed E-state index contributed by atoms with van der Waals surface area (Å²) in [6.45, 7) is 4.93. The minimum Gasteiger partial charge on any atom is -0.368 e. The van der Waals surface area contributed by atoms with Crippen LogP contribution >= 0.6 is 11.3 Å². The Balaban J connectivity index is 2.00. The second kappa shape index (κ2) is 5.27. The number of amides is 1. The third-order valence-corrected chi connectivity index (χ3v) is 4.60. The summed E-state index contributed by atoms with van der Waals surface area (Å²) >= 11 is 1.62. The number of carbonyl (C=O) groups excluding carboxylic acids is 1. The number of hydrogen-bond acceptors (Lipinski definition) is 4. The maximum atomic E-state index is 12.2. The number of carbonyl (C=O) groups is 1. The molecule has 3 rings (SSSR count). The SMILES string of the molecule is COC(c1nc2c([nH]1)CC(C)(C)CNC2=O)c1cccs1. The van der Waals surface area contributed by atoms with Gasteiger partial charge in [0.1, 0.15) is 17.6 Å². The van der Waals surface area contributed by atoms with Gasteiger partial charge in [-0.1, -0.05) is 19.9 Å². The van der Waals surface area contributed by atoms with Gasteiger partial charge in [0, 0.05) is 24.2 Å². The van der Waals surface area contributed by atoms with E-state index in [1.54, 1.807) is 18.4 Å². The summed E-state index contributed by atoms with van der Waals surface area (Å²) in [6.07, 6.45) is 0.530. The number of hydrogen-bond donors (Lipinski definition) is 2. The maximum absolute atomic E-state index is 12.2. The van der Waals surface area contributed by atoms with Crippen molar-refractivity contribution in [3.63, 3.8) is 0 Å². The quantitative estimate of drug-likeness (QED) is 0.915. The Morgan fingerprint density at radius 1 is 1.48 bits per heavy atom. The Hall–Kier alpha value is -1.66. The molecule has 0 aliphatic carbocycles. The molecule has 2 aromatic heterocycles. The predicted octanol–water partition coefficient (Wildman–Crippen LogP) is 2.52. The van der Waals surface area contributed by atoms with Gasteiger partial charge in [0.15, 0.2) is 0 Å². The Morgan fingerprint density at radius 3 is 2.95 bits per heavy atom. The summed E-state index contributed by atoms with van der Waals surface area (Å²) in [6, 6.07) is 3.99. The molecule has 112 valence electrons. The molecule has 2 N–H and O–H groups in total. The van der Waals surface area contributed by atoms with Crippen LogP contribution in [-0.2, 0) is 11.2 Å². The lowest BCUT2D eigenvalue weighted by Crippen LogP contribution is -2.32. The summed E-state index contributed by atoms with van der Waals surface area (Å²) in [7, 11) is 1.65. The van der Waals surface area contributed by atoms with Crippen molar-refractivity contribution in [1.82, 2.24) is 15.3 Å². The monoisotopic (exact) mass is 305 g/mol. The van der Waals surface area contributed by atoms with Crippen LogP contribution in [0.15, 0.2) is 17.5 Å². The van der Waals surface area contributed by atoms with Crippen molar-refractivity contribution < 1.29 is 9.53 Å². The molecular weight excluding hydrogens is 286 g/mol. The van der Waals surface area contributed by atoms with Crippen LogP contribution in [-0.4, -0.2) is 29.5 Å². The molecule has 0 saturated carbocycles. The number of aromatic amines is 1. The molecule has 0 spiro atoms. The lowest BCUT2D eigenvalue weighted by atomic mass is 9.88. The number of rotatable bonds is 3. The van der Waals surface area contributed by atoms with Crippen molar-refractivity contribution in [1.29, 1.82) is 0 Å². The van der Waals surface area contributed by atoms with E-state index >= 15 is 0 Å². The average molecular weight is 305 g/mol. The molecule has 21 heavy (non-hydrogen) atoms. The molecule has 1 aliphatic rings. The molecule has 1 atom stereocenters. The van der Waals surface area contributed by atoms with Gasteiger partial charge in [-0.3, -0.25) is 4.79 Å². The van der Waals surface area contributed by atoms with Crippen LogP contribution in [0, 0.1) is 5.41 Å². The van der Waals surface area contributed by atoms with Gasteiger partial charge in [-0.25, -0.2) is 4.98 Å². The van der Waals surface area contributed by atoms with E-state index in [-0.39, 0.29) is 17.4 Å². The van der Waals surface area contributed by atoms with E-state index in [4.69, 9.17) is 4.74 Å². The van der Waals surface area contributed by atoms with Crippen LogP contribution in [0.2, 0.25) is 0 Å². The highest BCUT2D eigenvalue weighted by Crippen LogP contribution is 2.30. The molecule has 5 nitrogen and oxygen atoms in total. The number of H-pyrrole nitrogens is 1. The van der Waals surface area contributed by atoms with Crippen molar-refractivity contribution >= 4 is 17.2 Å². The zero-order valence-electron chi connectivity index (χ0n) is 12.4. The molecule has 1 unspecified atom stereocenters. The molecule has 3 heterocycles. The summed E-state index contributed by atoms with van der Waals surface area (Å²) in [5, 5.41) is 4.94. The van der Waals surface area contributed by atoms with E-state index in [1.807, 2.05) is 17.5 Å². The number of nitrogens with one attached hydrogen (secondary N) is 2. The maximum Gasteiger partial charge on any atom is 0.271 e. The lowest BCUT2D eigenvalue weighted by Gasteiger charge is -2.21. The van der Waals surface area contributed by atoms with Crippen LogP contribution in [0.1, 0.15) is 46.8 Å². The third-order valence-electron chi connectivity index (χ3n) is 3.68. The summed E-state index contributed by atoms with van der Waals surface area (Å²) in [4.78, 5) is 21.0. The van der Waals surface area contributed by atoms with E-state index in [0.29, 0.717) is 18.1 Å². The van der Waals surface area contributed by atoms with Gasteiger partial charge in [0.05, 0.1) is 0 Å². The van der Waals surface area contributed by atoms with Crippen LogP contribution < -0.4 is 5.32 Å². The standard InChI is InChI=1S/C15H19N3O2S/c1-15(2)7-9-11(14(19)16-8-15)18-13(17-9)12(20-3)10-5-4-6-21-10/h4-6,12H,7-8H2,1-3H3,(H,16,19)(H,17,18). The molecule has 0 fully saturated rings. The summed E-state index contributed by atoms with van der Waals surface area (Å²) < 4.78 is 5.56. The minimum absolute atomic E-state index is 0.0101. The van der Waals surface area contributed by atoms with E-state index in [9.17, 15) is 4.79 Å². The molecule has 1 amide bonds. The number of aromatic nitrogens is 2. The second-order valence-corrected chi connectivity index (χ2v) is 7.08. The molecule has 0 saturated heterocycles. The average Bonchev–Trinajstić information content (AvgIpc) is 3.05. The first kappa shape index (κ1) is 14.3. The van der Waals surface area contributed by atoms with E-state index < -0.39 is 0 Å². The first-order chi connectivity index (χ1) is 10.00. The van der Waals surface area contributed by atoms with Gasteiger partial charge in [-0.15, -0.1) is 11.3 Å². The summed E-state index contributed by atoms with van der Waals surface area (Å²) in [5.74, 6) is 0.580. The van der Waals surface area contributed by atoms with Crippen molar-refractivity contribution in [3.05, 3.63) is 39.6 Å². The number of imidazole rings is 1. The van der Waals surface area contributed by atoms with Gasteiger partial charge < -0.3 is 15.0 Å². The largest absolute Gasteiger partial charge is 0.368 e. The summed E-state index contributed by atoms with van der Waals surface area (Å²) in [5.41, 5.74) is 1.40. The number of ether oxygens (including phenoxy) is 1. The predicted molar refractivity (Wildman–Crippen MR) is 81.6 cm³/mol. The van der Waals surface area contributed by atoms with Crippen molar-refractivity contribution in [3.8, 4) is 0 Å². The van der Waals surface area contributed by atoms with Gasteiger partial charge in [0.2, 0.25) is 0 Å². The molecule has 1 aliphatic heterocycles. The number of methoxy groups -OCH3 is 1. The highest BCUT2D eigenvalue weighted by atomic mass is 32.1. The molecular formula is C15H19N3O2S. The molecule has 6 heteroatoms. The number of thiophene rings is 1. The highest BCUT2D eigenvalue weighted by Gasteiger charge is 2.31. The zero-order chi connectivity index (χ0) is 15.0. The fraction of sp³-hybridized carbons (Fsp3) is 0.467. The van der Waals surface area contributed by atoms with Crippen molar-refractivity contribution in [2.45, 2.75) is 26.4 Å². The van der Waals surface area contributed by atoms with Crippen LogP contribution in [0.3, 0.4) is 0 Å². The van der Waals surface area contributed by atoms with Gasteiger partial charge in [-0.2, -0.15) is 0 Å². The van der Waals surface area contributed by atoms with E-state index in [0.717, 1.165) is 17.0 Å². The van der Waals surface area contributed by atoms with Crippen LogP contribution in [0.4, 0.5) is 0 Å². The topological polar surface area (TPSA) is 67.0 Å². The van der Waals surface area contributed by atoms with Crippen molar-refractivity contribution in [2.75, 3.05) is 13.7 Å².